The predicted molar refractivity (Wildman–Crippen MR) is 65.8 cm³/mol. The van der Waals surface area contributed by atoms with Gasteiger partial charge in [-0.15, -0.1) is 0 Å². The van der Waals surface area contributed by atoms with Gasteiger partial charge in [0.15, 0.2) is 0 Å². The number of hydrogen-bond acceptors (Lipinski definition) is 4. The lowest BCUT2D eigenvalue weighted by Crippen LogP contribution is -2.54. The highest BCUT2D eigenvalue weighted by Crippen LogP contribution is 2.36. The standard InChI is InChI=1S/C11H17ClN4/c1-16(2)11(4-3-5-11)8-14-10-7-13-6-9(12)15-10/h6-7H,3-5,8H2,1-2H3,(H,14,15). The molecule has 0 atom stereocenters. The molecule has 0 spiro atoms. The van der Waals surface area contributed by atoms with Gasteiger partial charge in [0.05, 0.1) is 12.4 Å². The highest BCUT2D eigenvalue weighted by atomic mass is 35.5. The summed E-state index contributed by atoms with van der Waals surface area (Å²) in [6.45, 7) is 0.898. The van der Waals surface area contributed by atoms with Crippen molar-refractivity contribution in [2.24, 2.45) is 0 Å². The molecular formula is C11H17ClN4. The van der Waals surface area contributed by atoms with Gasteiger partial charge in [-0.1, -0.05) is 11.6 Å². The van der Waals surface area contributed by atoms with E-state index in [1.165, 1.54) is 25.5 Å². The molecular weight excluding hydrogens is 224 g/mol. The normalized spacial score (nSPS) is 18.2. The van der Waals surface area contributed by atoms with Crippen LogP contribution in [-0.2, 0) is 0 Å². The molecule has 0 saturated heterocycles. The Morgan fingerprint density at radius 3 is 2.69 bits per heavy atom. The first kappa shape index (κ1) is 11.6. The van der Waals surface area contributed by atoms with Gasteiger partial charge in [-0.25, -0.2) is 4.98 Å². The van der Waals surface area contributed by atoms with Gasteiger partial charge >= 0.3 is 0 Å². The lowest BCUT2D eigenvalue weighted by atomic mass is 9.75. The monoisotopic (exact) mass is 240 g/mol. The molecule has 0 bridgehead atoms. The minimum Gasteiger partial charge on any atom is -0.367 e. The number of nitrogens with one attached hydrogen (secondary N) is 1. The van der Waals surface area contributed by atoms with Crippen molar-refractivity contribution in [3.8, 4) is 0 Å². The molecule has 1 fully saturated rings. The Morgan fingerprint density at radius 2 is 2.19 bits per heavy atom. The second-order valence-electron chi connectivity index (χ2n) is 4.55. The summed E-state index contributed by atoms with van der Waals surface area (Å²) in [5.41, 5.74) is 0.282. The molecule has 16 heavy (non-hydrogen) atoms. The lowest BCUT2D eigenvalue weighted by molar-refractivity contribution is 0.0738. The average Bonchev–Trinajstić information content (AvgIpc) is 2.15. The number of anilines is 1. The Labute approximate surface area is 101 Å². The van der Waals surface area contributed by atoms with E-state index in [0.717, 1.165) is 12.4 Å². The van der Waals surface area contributed by atoms with Crippen molar-refractivity contribution < 1.29 is 0 Å². The first-order valence-corrected chi connectivity index (χ1v) is 5.89. The van der Waals surface area contributed by atoms with Crippen LogP contribution in [0.15, 0.2) is 12.4 Å². The fourth-order valence-corrected chi connectivity index (χ4v) is 2.20. The Morgan fingerprint density at radius 1 is 1.44 bits per heavy atom. The van der Waals surface area contributed by atoms with Crippen molar-refractivity contribution in [1.29, 1.82) is 0 Å². The zero-order valence-corrected chi connectivity index (χ0v) is 10.5. The fraction of sp³-hybridized carbons (Fsp3) is 0.636. The Bertz CT molecular complexity index is 363. The van der Waals surface area contributed by atoms with E-state index < -0.39 is 0 Å². The SMILES string of the molecule is CN(C)C1(CNc2cncc(Cl)n2)CCC1. The van der Waals surface area contributed by atoms with Crippen molar-refractivity contribution in [3.05, 3.63) is 17.5 Å². The van der Waals surface area contributed by atoms with Crippen LogP contribution in [0.4, 0.5) is 5.82 Å². The van der Waals surface area contributed by atoms with Gasteiger partial charge in [-0.3, -0.25) is 4.98 Å². The molecule has 1 aromatic rings. The highest BCUT2D eigenvalue weighted by Gasteiger charge is 2.38. The summed E-state index contributed by atoms with van der Waals surface area (Å²) in [5.74, 6) is 0.751. The van der Waals surface area contributed by atoms with E-state index in [-0.39, 0.29) is 5.54 Å². The van der Waals surface area contributed by atoms with Crippen molar-refractivity contribution in [2.45, 2.75) is 24.8 Å². The lowest BCUT2D eigenvalue weighted by Gasteiger charge is -2.47. The molecule has 0 amide bonds. The summed E-state index contributed by atoms with van der Waals surface area (Å²) < 4.78 is 0. The molecule has 0 radical (unpaired) electrons. The molecule has 1 aliphatic rings. The second kappa shape index (κ2) is 4.55. The van der Waals surface area contributed by atoms with Crippen LogP contribution in [0, 0.1) is 0 Å². The molecule has 1 N–H and O–H groups in total. The maximum absolute atomic E-state index is 5.78. The van der Waals surface area contributed by atoms with Crippen LogP contribution in [0.1, 0.15) is 19.3 Å². The third kappa shape index (κ3) is 2.28. The number of hydrogen-bond donors (Lipinski definition) is 1. The third-order valence-electron chi connectivity index (χ3n) is 3.44. The van der Waals surface area contributed by atoms with Crippen LogP contribution in [0.5, 0.6) is 0 Å². The first-order valence-electron chi connectivity index (χ1n) is 5.51. The largest absolute Gasteiger partial charge is 0.367 e. The summed E-state index contributed by atoms with van der Waals surface area (Å²) in [7, 11) is 4.26. The minimum absolute atomic E-state index is 0.282. The van der Waals surface area contributed by atoms with Crippen LogP contribution in [-0.4, -0.2) is 41.0 Å². The van der Waals surface area contributed by atoms with Crippen LogP contribution < -0.4 is 5.32 Å². The molecule has 2 rings (SSSR count). The Hall–Kier alpha value is -0.870. The zero-order valence-electron chi connectivity index (χ0n) is 9.70. The summed E-state index contributed by atoms with van der Waals surface area (Å²) in [4.78, 5) is 10.5. The van der Waals surface area contributed by atoms with Crippen LogP contribution >= 0.6 is 11.6 Å². The number of aromatic nitrogens is 2. The maximum Gasteiger partial charge on any atom is 0.149 e. The second-order valence-corrected chi connectivity index (χ2v) is 4.94. The number of likely N-dealkylation sites (N-methyl/N-ethyl adjacent to an activating group) is 1. The fourth-order valence-electron chi connectivity index (χ4n) is 2.05. The molecule has 1 aliphatic carbocycles. The van der Waals surface area contributed by atoms with Crippen molar-refractivity contribution in [2.75, 3.05) is 26.0 Å². The van der Waals surface area contributed by atoms with Gasteiger partial charge in [-0.05, 0) is 33.4 Å². The Kier molecular flexibility index (Phi) is 3.30. The van der Waals surface area contributed by atoms with Gasteiger partial charge in [0.25, 0.3) is 0 Å². The molecule has 88 valence electrons. The summed E-state index contributed by atoms with van der Waals surface area (Å²) in [6.07, 6.45) is 7.02. The van der Waals surface area contributed by atoms with E-state index in [1.54, 1.807) is 6.20 Å². The van der Waals surface area contributed by atoms with Crippen molar-refractivity contribution >= 4 is 17.4 Å². The highest BCUT2D eigenvalue weighted by molar-refractivity contribution is 6.29. The molecule has 5 heteroatoms. The van der Waals surface area contributed by atoms with E-state index in [0.29, 0.717) is 5.15 Å². The maximum atomic E-state index is 5.78. The van der Waals surface area contributed by atoms with Gasteiger partial charge in [0, 0.05) is 12.1 Å². The van der Waals surface area contributed by atoms with Crippen LogP contribution in [0.3, 0.4) is 0 Å². The average molecular weight is 241 g/mol. The molecule has 0 aliphatic heterocycles. The molecule has 1 saturated carbocycles. The molecule has 1 aromatic heterocycles. The summed E-state index contributed by atoms with van der Waals surface area (Å²) >= 11 is 5.78. The molecule has 4 nitrogen and oxygen atoms in total. The van der Waals surface area contributed by atoms with E-state index in [1.807, 2.05) is 0 Å². The number of rotatable bonds is 4. The molecule has 1 heterocycles. The smallest absolute Gasteiger partial charge is 0.149 e. The van der Waals surface area contributed by atoms with E-state index >= 15 is 0 Å². The Balaban J connectivity index is 1.96. The molecule has 0 unspecified atom stereocenters. The van der Waals surface area contributed by atoms with Crippen molar-refractivity contribution in [1.82, 2.24) is 14.9 Å². The van der Waals surface area contributed by atoms with Crippen LogP contribution in [0.25, 0.3) is 0 Å². The zero-order chi connectivity index (χ0) is 11.6. The first-order chi connectivity index (χ1) is 7.62. The number of nitrogens with zero attached hydrogens (tertiary/aromatic N) is 3. The minimum atomic E-state index is 0.282. The molecule has 0 aromatic carbocycles. The van der Waals surface area contributed by atoms with Gasteiger partial charge in [0.1, 0.15) is 11.0 Å². The van der Waals surface area contributed by atoms with Crippen molar-refractivity contribution in [3.63, 3.8) is 0 Å². The van der Waals surface area contributed by atoms with Gasteiger partial charge < -0.3 is 10.2 Å². The summed E-state index contributed by atoms with van der Waals surface area (Å²) in [5, 5.41) is 3.74. The van der Waals surface area contributed by atoms with E-state index in [4.69, 9.17) is 11.6 Å². The predicted octanol–water partition coefficient (Wildman–Crippen LogP) is 2.03. The topological polar surface area (TPSA) is 41.0 Å². The van der Waals surface area contributed by atoms with E-state index in [2.05, 4.69) is 34.3 Å². The van der Waals surface area contributed by atoms with Gasteiger partial charge in [-0.2, -0.15) is 0 Å². The number of halogens is 1. The summed E-state index contributed by atoms with van der Waals surface area (Å²) in [6, 6.07) is 0. The van der Waals surface area contributed by atoms with E-state index in [9.17, 15) is 0 Å². The van der Waals surface area contributed by atoms with Crippen LogP contribution in [0.2, 0.25) is 5.15 Å². The quantitative estimate of drug-likeness (QED) is 0.875. The van der Waals surface area contributed by atoms with Gasteiger partial charge in [0.2, 0.25) is 0 Å². The third-order valence-corrected chi connectivity index (χ3v) is 3.62.